The number of nitrogens with one attached hydrogen (secondary N) is 1. The second-order valence-corrected chi connectivity index (χ2v) is 6.60. The van der Waals surface area contributed by atoms with E-state index in [-0.39, 0.29) is 16.9 Å². The fourth-order valence-corrected chi connectivity index (χ4v) is 2.85. The summed E-state index contributed by atoms with van der Waals surface area (Å²) in [4.78, 5) is 23.5. The van der Waals surface area contributed by atoms with E-state index in [1.165, 1.54) is 24.3 Å². The number of aromatic carboxylic acids is 1. The van der Waals surface area contributed by atoms with Crippen LogP contribution in [0.5, 0.6) is 0 Å². The molecule has 0 fully saturated rings. The Morgan fingerprint density at radius 1 is 1.17 bits per heavy atom. The van der Waals surface area contributed by atoms with Crippen LogP contribution in [0.25, 0.3) is 17.4 Å². The first-order valence-corrected chi connectivity index (χ1v) is 8.88. The van der Waals surface area contributed by atoms with Crippen LogP contribution in [0.2, 0.25) is 5.02 Å². The first-order valence-electron chi connectivity index (χ1n) is 8.50. The highest BCUT2D eigenvalue weighted by molar-refractivity contribution is 6.33. The van der Waals surface area contributed by atoms with E-state index in [0.717, 1.165) is 5.56 Å². The van der Waals surface area contributed by atoms with E-state index in [4.69, 9.17) is 21.1 Å². The third-order valence-electron chi connectivity index (χ3n) is 4.03. The standard InChI is InChI=1S/C22H15ClN2O4/c1-13-3-2-4-16(9-13)25-21(26)15(12-24)10-17-6-8-20(29-17)18-11-14(22(27)28)5-7-19(18)23/h2-11H,1H3,(H,25,26)(H,27,28)/b15-10-. The Bertz CT molecular complexity index is 1170. The van der Waals surface area contributed by atoms with Crippen LogP contribution in [0.15, 0.2) is 64.6 Å². The van der Waals surface area contributed by atoms with Crippen molar-refractivity contribution in [3.8, 4) is 17.4 Å². The zero-order chi connectivity index (χ0) is 21.0. The number of carbonyl (C=O) groups excluding carboxylic acids is 1. The molecule has 1 amide bonds. The van der Waals surface area contributed by atoms with Gasteiger partial charge < -0.3 is 14.8 Å². The number of furan rings is 1. The van der Waals surface area contributed by atoms with Crippen LogP contribution in [0, 0.1) is 18.3 Å². The Balaban J connectivity index is 1.86. The Labute approximate surface area is 171 Å². The molecule has 29 heavy (non-hydrogen) atoms. The molecule has 0 saturated carbocycles. The van der Waals surface area contributed by atoms with Crippen molar-refractivity contribution in [1.29, 1.82) is 5.26 Å². The van der Waals surface area contributed by atoms with Gasteiger partial charge in [0.1, 0.15) is 23.2 Å². The molecule has 7 heteroatoms. The van der Waals surface area contributed by atoms with Gasteiger partial charge in [0.05, 0.1) is 10.6 Å². The molecule has 144 valence electrons. The van der Waals surface area contributed by atoms with Crippen molar-refractivity contribution in [1.82, 2.24) is 0 Å². The molecule has 3 rings (SSSR count). The van der Waals surface area contributed by atoms with Crippen molar-refractivity contribution < 1.29 is 19.1 Å². The molecule has 0 saturated heterocycles. The average molecular weight is 407 g/mol. The molecule has 0 aliphatic carbocycles. The van der Waals surface area contributed by atoms with Crippen LogP contribution in [-0.4, -0.2) is 17.0 Å². The summed E-state index contributed by atoms with van der Waals surface area (Å²) in [6.45, 7) is 1.89. The van der Waals surface area contributed by atoms with Gasteiger partial charge in [-0.15, -0.1) is 0 Å². The maximum atomic E-state index is 12.4. The number of halogens is 1. The van der Waals surface area contributed by atoms with Crippen molar-refractivity contribution in [2.24, 2.45) is 0 Å². The lowest BCUT2D eigenvalue weighted by molar-refractivity contribution is -0.112. The van der Waals surface area contributed by atoms with Gasteiger partial charge in [-0.3, -0.25) is 4.79 Å². The minimum atomic E-state index is -1.09. The number of carboxylic acid groups (broad SMARTS) is 1. The first-order chi connectivity index (χ1) is 13.9. The molecule has 2 N–H and O–H groups in total. The summed E-state index contributed by atoms with van der Waals surface area (Å²) < 4.78 is 5.65. The summed E-state index contributed by atoms with van der Waals surface area (Å²) in [5.74, 6) is -1.08. The molecule has 0 unspecified atom stereocenters. The van der Waals surface area contributed by atoms with E-state index >= 15 is 0 Å². The lowest BCUT2D eigenvalue weighted by Gasteiger charge is -2.05. The molecular formula is C22H15ClN2O4. The smallest absolute Gasteiger partial charge is 0.335 e. The fourth-order valence-electron chi connectivity index (χ4n) is 2.63. The van der Waals surface area contributed by atoms with Gasteiger partial charge in [0.15, 0.2) is 0 Å². The highest BCUT2D eigenvalue weighted by atomic mass is 35.5. The van der Waals surface area contributed by atoms with E-state index < -0.39 is 11.9 Å². The number of anilines is 1. The molecule has 0 atom stereocenters. The van der Waals surface area contributed by atoms with Gasteiger partial charge in [0.2, 0.25) is 0 Å². The van der Waals surface area contributed by atoms with Crippen LogP contribution in [-0.2, 0) is 4.79 Å². The van der Waals surface area contributed by atoms with E-state index in [1.54, 1.807) is 30.3 Å². The molecule has 1 aromatic heterocycles. The number of hydrogen-bond donors (Lipinski definition) is 2. The number of rotatable bonds is 5. The predicted octanol–water partition coefficient (Wildman–Crippen LogP) is 5.15. The largest absolute Gasteiger partial charge is 0.478 e. The van der Waals surface area contributed by atoms with Crippen molar-refractivity contribution in [3.63, 3.8) is 0 Å². The maximum absolute atomic E-state index is 12.4. The lowest BCUT2D eigenvalue weighted by atomic mass is 10.1. The molecule has 0 aliphatic heterocycles. The Kier molecular flexibility index (Phi) is 5.82. The number of carboxylic acids is 1. The number of nitrogens with zero attached hydrogens (tertiary/aromatic N) is 1. The summed E-state index contributed by atoms with van der Waals surface area (Å²) in [6, 6.07) is 16.5. The van der Waals surface area contributed by atoms with Gasteiger partial charge in [-0.05, 0) is 55.0 Å². The lowest BCUT2D eigenvalue weighted by Crippen LogP contribution is -2.13. The SMILES string of the molecule is Cc1cccc(NC(=O)/C(C#N)=C\c2ccc(-c3cc(C(=O)O)ccc3Cl)o2)c1. The Morgan fingerprint density at radius 2 is 1.97 bits per heavy atom. The van der Waals surface area contributed by atoms with Crippen molar-refractivity contribution in [2.45, 2.75) is 6.92 Å². The van der Waals surface area contributed by atoms with Crippen LogP contribution >= 0.6 is 11.6 Å². The Morgan fingerprint density at radius 3 is 2.66 bits per heavy atom. The highest BCUT2D eigenvalue weighted by Crippen LogP contribution is 2.31. The molecule has 2 aromatic carbocycles. The number of carbonyl (C=O) groups is 2. The minimum absolute atomic E-state index is 0.0631. The third-order valence-corrected chi connectivity index (χ3v) is 4.36. The van der Waals surface area contributed by atoms with Gasteiger partial charge in [0, 0.05) is 17.3 Å². The minimum Gasteiger partial charge on any atom is -0.478 e. The van der Waals surface area contributed by atoms with E-state index in [0.29, 0.717) is 22.0 Å². The van der Waals surface area contributed by atoms with Crippen LogP contribution in [0.1, 0.15) is 21.7 Å². The summed E-state index contributed by atoms with van der Waals surface area (Å²) in [6.07, 6.45) is 1.31. The fraction of sp³-hybridized carbons (Fsp3) is 0.0455. The molecule has 6 nitrogen and oxygen atoms in total. The Hall–Kier alpha value is -3.82. The first kappa shape index (κ1) is 19.9. The zero-order valence-electron chi connectivity index (χ0n) is 15.3. The molecule has 3 aromatic rings. The summed E-state index contributed by atoms with van der Waals surface area (Å²) >= 11 is 6.15. The molecule has 0 aliphatic rings. The summed E-state index contributed by atoms with van der Waals surface area (Å²) in [7, 11) is 0. The quantitative estimate of drug-likeness (QED) is 0.450. The second-order valence-electron chi connectivity index (χ2n) is 6.20. The monoisotopic (exact) mass is 406 g/mol. The van der Waals surface area contributed by atoms with E-state index in [9.17, 15) is 14.9 Å². The average Bonchev–Trinajstić information content (AvgIpc) is 3.14. The normalized spacial score (nSPS) is 11.0. The van der Waals surface area contributed by atoms with Gasteiger partial charge in [-0.2, -0.15) is 5.26 Å². The van der Waals surface area contributed by atoms with E-state index in [2.05, 4.69) is 5.32 Å². The van der Waals surface area contributed by atoms with Crippen molar-refractivity contribution in [2.75, 3.05) is 5.32 Å². The van der Waals surface area contributed by atoms with Gasteiger partial charge in [0.25, 0.3) is 5.91 Å². The summed E-state index contributed by atoms with van der Waals surface area (Å²) in [5.41, 5.74) is 1.87. The van der Waals surface area contributed by atoms with Crippen LogP contribution in [0.3, 0.4) is 0 Å². The topological polar surface area (TPSA) is 103 Å². The maximum Gasteiger partial charge on any atom is 0.335 e. The van der Waals surface area contributed by atoms with Crippen molar-refractivity contribution in [3.05, 3.63) is 82.1 Å². The number of benzene rings is 2. The van der Waals surface area contributed by atoms with Crippen LogP contribution < -0.4 is 5.32 Å². The number of amides is 1. The molecule has 0 radical (unpaired) electrons. The van der Waals surface area contributed by atoms with Gasteiger partial charge in [-0.1, -0.05) is 23.7 Å². The highest BCUT2D eigenvalue weighted by Gasteiger charge is 2.14. The van der Waals surface area contributed by atoms with Gasteiger partial charge in [-0.25, -0.2) is 4.79 Å². The van der Waals surface area contributed by atoms with Crippen molar-refractivity contribution >= 4 is 35.2 Å². The second kappa shape index (κ2) is 8.46. The molecular weight excluding hydrogens is 392 g/mol. The molecule has 0 bridgehead atoms. The number of nitriles is 1. The van der Waals surface area contributed by atoms with E-state index in [1.807, 2.05) is 19.1 Å². The third kappa shape index (κ3) is 4.72. The number of aryl methyl sites for hydroxylation is 1. The van der Waals surface area contributed by atoms with Crippen LogP contribution in [0.4, 0.5) is 5.69 Å². The summed E-state index contributed by atoms with van der Waals surface area (Å²) in [5, 5.41) is 21.5. The molecule has 1 heterocycles. The molecule has 0 spiro atoms. The van der Waals surface area contributed by atoms with Gasteiger partial charge >= 0.3 is 5.97 Å². The number of hydrogen-bond acceptors (Lipinski definition) is 4. The predicted molar refractivity (Wildman–Crippen MR) is 110 cm³/mol. The zero-order valence-corrected chi connectivity index (χ0v) is 16.0.